The highest BCUT2D eigenvalue weighted by atomic mass is 16.6. The van der Waals surface area contributed by atoms with Gasteiger partial charge in [0.2, 0.25) is 0 Å². The van der Waals surface area contributed by atoms with Gasteiger partial charge in [0, 0.05) is 24.3 Å². The highest BCUT2D eigenvalue weighted by Crippen LogP contribution is 2.23. The summed E-state index contributed by atoms with van der Waals surface area (Å²) in [5.41, 5.74) is 0.279. The summed E-state index contributed by atoms with van der Waals surface area (Å²) in [6.45, 7) is 7.93. The lowest BCUT2D eigenvalue weighted by molar-refractivity contribution is -0.385. The van der Waals surface area contributed by atoms with Crippen molar-refractivity contribution in [2.75, 3.05) is 72.7 Å². The van der Waals surface area contributed by atoms with Gasteiger partial charge in [0.15, 0.2) is 0 Å². The zero-order valence-corrected chi connectivity index (χ0v) is 23.9. The van der Waals surface area contributed by atoms with E-state index in [4.69, 9.17) is 28.4 Å². The molecule has 0 atom stereocenters. The Morgan fingerprint density at radius 2 is 1.03 bits per heavy atom. The van der Waals surface area contributed by atoms with E-state index in [1.165, 1.54) is 76.0 Å². The lowest BCUT2D eigenvalue weighted by Crippen LogP contribution is -2.14. The van der Waals surface area contributed by atoms with Gasteiger partial charge < -0.3 is 33.5 Å². The van der Waals surface area contributed by atoms with Crippen LogP contribution >= 0.6 is 0 Å². The minimum atomic E-state index is -0.512. The van der Waals surface area contributed by atoms with E-state index in [1.54, 1.807) is 0 Å². The summed E-state index contributed by atoms with van der Waals surface area (Å²) in [5, 5.41) is 20.5. The standard InChI is InChI=1S/C29H51NO9/c1-2-3-4-5-6-7-8-9-10-11-14-34-15-16-35-17-18-36-19-20-37-21-22-38-23-24-39-26-27-25-28(30(32)33)12-13-29(27)31/h12-13,25,31H,2-11,14-24,26H2,1H3. The van der Waals surface area contributed by atoms with Crippen LogP contribution in [-0.2, 0) is 35.0 Å². The smallest absolute Gasteiger partial charge is 0.270 e. The Hall–Kier alpha value is -1.82. The summed E-state index contributed by atoms with van der Waals surface area (Å²) < 4.78 is 32.9. The molecule has 0 heterocycles. The van der Waals surface area contributed by atoms with Crippen LogP contribution in [0, 0.1) is 10.1 Å². The number of benzene rings is 1. The Bertz CT molecular complexity index is 705. The second-order valence-corrected chi connectivity index (χ2v) is 9.37. The van der Waals surface area contributed by atoms with Gasteiger partial charge in [-0.15, -0.1) is 0 Å². The molecule has 0 unspecified atom stereocenters. The van der Waals surface area contributed by atoms with E-state index >= 15 is 0 Å². The van der Waals surface area contributed by atoms with Gasteiger partial charge in [0.05, 0.1) is 77.6 Å². The van der Waals surface area contributed by atoms with Crippen LogP contribution in [0.5, 0.6) is 5.75 Å². The monoisotopic (exact) mass is 557 g/mol. The van der Waals surface area contributed by atoms with Gasteiger partial charge >= 0.3 is 0 Å². The summed E-state index contributed by atoms with van der Waals surface area (Å²) in [6, 6.07) is 3.84. The molecule has 0 saturated heterocycles. The first-order chi connectivity index (χ1) is 19.1. The average molecular weight is 558 g/mol. The maximum atomic E-state index is 10.8. The van der Waals surface area contributed by atoms with Crippen LogP contribution in [0.4, 0.5) is 5.69 Å². The van der Waals surface area contributed by atoms with Gasteiger partial charge in [-0.1, -0.05) is 64.7 Å². The maximum Gasteiger partial charge on any atom is 0.270 e. The van der Waals surface area contributed by atoms with Crippen molar-refractivity contribution in [3.8, 4) is 5.75 Å². The lowest BCUT2D eigenvalue weighted by atomic mass is 10.1. The normalized spacial score (nSPS) is 11.3. The van der Waals surface area contributed by atoms with Crippen LogP contribution in [0.15, 0.2) is 18.2 Å². The summed E-state index contributed by atoms with van der Waals surface area (Å²) in [6.07, 6.45) is 13.3. The zero-order chi connectivity index (χ0) is 28.2. The third-order valence-electron chi connectivity index (χ3n) is 6.03. The molecule has 0 bridgehead atoms. The molecule has 0 aliphatic rings. The zero-order valence-electron chi connectivity index (χ0n) is 23.9. The molecule has 0 aliphatic carbocycles. The minimum Gasteiger partial charge on any atom is -0.508 e. The fourth-order valence-electron chi connectivity index (χ4n) is 3.77. The van der Waals surface area contributed by atoms with Crippen molar-refractivity contribution in [3.63, 3.8) is 0 Å². The van der Waals surface area contributed by atoms with Crippen LogP contribution < -0.4 is 0 Å². The van der Waals surface area contributed by atoms with Crippen LogP contribution in [0.25, 0.3) is 0 Å². The van der Waals surface area contributed by atoms with Gasteiger partial charge in [0.1, 0.15) is 5.75 Å². The molecule has 0 saturated carbocycles. The quantitative estimate of drug-likeness (QED) is 0.0738. The summed E-state index contributed by atoms with van der Waals surface area (Å²) in [4.78, 5) is 10.3. The Morgan fingerprint density at radius 1 is 0.615 bits per heavy atom. The first-order valence-electron chi connectivity index (χ1n) is 14.6. The molecular formula is C29H51NO9. The van der Waals surface area contributed by atoms with Crippen molar-refractivity contribution in [2.45, 2.75) is 77.7 Å². The fourth-order valence-corrected chi connectivity index (χ4v) is 3.77. The molecule has 0 spiro atoms. The molecule has 0 aliphatic heterocycles. The number of nitrogens with zero attached hydrogens (tertiary/aromatic N) is 1. The number of aromatic hydroxyl groups is 1. The Balaban J connectivity index is 1.73. The average Bonchev–Trinajstić information content (AvgIpc) is 2.93. The van der Waals surface area contributed by atoms with Crippen LogP contribution in [0.1, 0.15) is 76.7 Å². The molecule has 0 fully saturated rings. The number of hydrogen-bond donors (Lipinski definition) is 1. The van der Waals surface area contributed by atoms with Crippen LogP contribution in [0.2, 0.25) is 0 Å². The van der Waals surface area contributed by atoms with Crippen molar-refractivity contribution in [3.05, 3.63) is 33.9 Å². The van der Waals surface area contributed by atoms with Crippen molar-refractivity contribution >= 4 is 5.69 Å². The topological polar surface area (TPSA) is 119 Å². The Morgan fingerprint density at radius 3 is 1.49 bits per heavy atom. The summed E-state index contributed by atoms with van der Waals surface area (Å²) >= 11 is 0. The third kappa shape index (κ3) is 21.7. The number of phenols is 1. The number of nitro groups is 1. The number of nitro benzene ring substituents is 1. The van der Waals surface area contributed by atoms with Crippen LogP contribution in [-0.4, -0.2) is 82.7 Å². The molecule has 0 radical (unpaired) electrons. The molecule has 1 rings (SSSR count). The number of phenolic OH excluding ortho intramolecular Hbond substituents is 1. The van der Waals surface area contributed by atoms with Crippen molar-refractivity contribution in [1.82, 2.24) is 0 Å². The molecule has 0 amide bonds. The van der Waals surface area contributed by atoms with Gasteiger partial charge in [-0.2, -0.15) is 0 Å². The van der Waals surface area contributed by atoms with E-state index in [1.807, 2.05) is 0 Å². The number of ether oxygens (including phenoxy) is 6. The highest BCUT2D eigenvalue weighted by molar-refractivity contribution is 5.42. The highest BCUT2D eigenvalue weighted by Gasteiger charge is 2.10. The van der Waals surface area contributed by atoms with Gasteiger partial charge in [0.25, 0.3) is 5.69 Å². The molecule has 226 valence electrons. The van der Waals surface area contributed by atoms with Gasteiger partial charge in [-0.25, -0.2) is 0 Å². The fraction of sp³-hybridized carbons (Fsp3) is 0.793. The van der Waals surface area contributed by atoms with Crippen molar-refractivity contribution in [1.29, 1.82) is 0 Å². The summed E-state index contributed by atoms with van der Waals surface area (Å²) in [7, 11) is 0. The Kier molecular flexibility index (Phi) is 23.8. The minimum absolute atomic E-state index is 0.0347. The number of non-ortho nitro benzene ring substituents is 1. The van der Waals surface area contributed by atoms with Crippen LogP contribution in [0.3, 0.4) is 0 Å². The van der Waals surface area contributed by atoms with E-state index in [-0.39, 0.29) is 18.0 Å². The van der Waals surface area contributed by atoms with Gasteiger partial charge in [-0.05, 0) is 12.5 Å². The van der Waals surface area contributed by atoms with Gasteiger partial charge in [-0.3, -0.25) is 10.1 Å². The first-order valence-corrected chi connectivity index (χ1v) is 14.6. The Labute approximate surface area is 234 Å². The maximum absolute atomic E-state index is 10.8. The van der Waals surface area contributed by atoms with E-state index < -0.39 is 4.92 Å². The largest absolute Gasteiger partial charge is 0.508 e. The molecule has 1 aromatic carbocycles. The molecule has 10 heteroatoms. The molecule has 1 N–H and O–H groups in total. The molecule has 39 heavy (non-hydrogen) atoms. The molecule has 10 nitrogen and oxygen atoms in total. The van der Waals surface area contributed by atoms with Crippen molar-refractivity contribution < 1.29 is 38.5 Å². The molecule has 0 aromatic heterocycles. The predicted octanol–water partition coefficient (Wildman–Crippen LogP) is 5.82. The lowest BCUT2D eigenvalue weighted by Gasteiger charge is -2.09. The number of hydrogen-bond acceptors (Lipinski definition) is 9. The van der Waals surface area contributed by atoms with E-state index in [2.05, 4.69) is 6.92 Å². The van der Waals surface area contributed by atoms with E-state index in [0.717, 1.165) is 13.0 Å². The van der Waals surface area contributed by atoms with E-state index in [9.17, 15) is 15.2 Å². The first kappa shape index (κ1) is 35.2. The SMILES string of the molecule is CCCCCCCCCCCCOCCOCCOCCOCCOCCOCc1cc([N+](=O)[O-])ccc1O. The number of unbranched alkanes of at least 4 members (excludes halogenated alkanes) is 9. The molecule has 1 aromatic rings. The third-order valence-corrected chi connectivity index (χ3v) is 6.03. The molecular weight excluding hydrogens is 506 g/mol. The summed E-state index contributed by atoms with van der Waals surface area (Å²) in [5.74, 6) is -0.0347. The second kappa shape index (κ2) is 26.4. The van der Waals surface area contributed by atoms with E-state index in [0.29, 0.717) is 71.6 Å². The second-order valence-electron chi connectivity index (χ2n) is 9.37. The number of rotatable bonds is 29. The predicted molar refractivity (Wildman–Crippen MR) is 150 cm³/mol. The van der Waals surface area contributed by atoms with Crippen molar-refractivity contribution in [2.24, 2.45) is 0 Å².